The maximum atomic E-state index is 4.21. The lowest BCUT2D eigenvalue weighted by Gasteiger charge is -2.23. The van der Waals surface area contributed by atoms with Gasteiger partial charge in [-0.1, -0.05) is 6.42 Å². The fourth-order valence-corrected chi connectivity index (χ4v) is 3.51. The summed E-state index contributed by atoms with van der Waals surface area (Å²) in [4.78, 5) is 4.21. The third-order valence-corrected chi connectivity index (χ3v) is 4.42. The lowest BCUT2D eigenvalue weighted by molar-refractivity contribution is 0.347. The van der Waals surface area contributed by atoms with E-state index in [1.807, 2.05) is 12.5 Å². The van der Waals surface area contributed by atoms with Crippen LogP contribution in [0.2, 0.25) is 0 Å². The van der Waals surface area contributed by atoms with Gasteiger partial charge in [0.25, 0.3) is 0 Å². The smallest absolute Gasteiger partial charge is 0.0948 e. The van der Waals surface area contributed by atoms with Crippen LogP contribution in [-0.4, -0.2) is 15.6 Å². The standard InChI is InChI=1S/C13H21N3/c1-2-16-9-14-7-12(16)8-15-13-6-10-3-4-11(13)5-10/h7,9-11,13,15H,2-6,8H2,1H3. The minimum absolute atomic E-state index is 0.777. The van der Waals surface area contributed by atoms with Crippen molar-refractivity contribution < 1.29 is 0 Å². The summed E-state index contributed by atoms with van der Waals surface area (Å²) in [5, 5.41) is 3.73. The molecule has 3 heteroatoms. The molecule has 16 heavy (non-hydrogen) atoms. The summed E-state index contributed by atoms with van der Waals surface area (Å²) in [5.41, 5.74) is 1.32. The van der Waals surface area contributed by atoms with Gasteiger partial charge in [-0.25, -0.2) is 4.98 Å². The molecule has 0 aromatic carbocycles. The van der Waals surface area contributed by atoms with Gasteiger partial charge in [0.1, 0.15) is 0 Å². The van der Waals surface area contributed by atoms with Crippen LogP contribution in [0.5, 0.6) is 0 Å². The highest BCUT2D eigenvalue weighted by Gasteiger charge is 2.38. The molecule has 3 unspecified atom stereocenters. The first-order chi connectivity index (χ1) is 7.86. The van der Waals surface area contributed by atoms with Gasteiger partial charge in [0.15, 0.2) is 0 Å². The first-order valence-corrected chi connectivity index (χ1v) is 6.59. The summed E-state index contributed by atoms with van der Waals surface area (Å²) in [6, 6.07) is 0.777. The minimum Gasteiger partial charge on any atom is -0.334 e. The van der Waals surface area contributed by atoms with Gasteiger partial charge >= 0.3 is 0 Å². The monoisotopic (exact) mass is 219 g/mol. The molecule has 1 aromatic rings. The average Bonchev–Trinajstić information content (AvgIpc) is 3.01. The largest absolute Gasteiger partial charge is 0.334 e. The summed E-state index contributed by atoms with van der Waals surface area (Å²) in [6.07, 6.45) is 9.74. The molecule has 1 N–H and O–H groups in total. The van der Waals surface area contributed by atoms with Crippen LogP contribution in [0, 0.1) is 11.8 Å². The van der Waals surface area contributed by atoms with Crippen molar-refractivity contribution in [2.24, 2.45) is 11.8 Å². The Kier molecular flexibility index (Phi) is 2.72. The van der Waals surface area contributed by atoms with E-state index in [1.165, 1.54) is 31.4 Å². The Bertz CT molecular complexity index is 358. The van der Waals surface area contributed by atoms with Crippen molar-refractivity contribution in [2.75, 3.05) is 0 Å². The molecule has 2 aliphatic carbocycles. The lowest BCUT2D eigenvalue weighted by Crippen LogP contribution is -2.33. The van der Waals surface area contributed by atoms with Crippen LogP contribution in [0.25, 0.3) is 0 Å². The molecule has 0 aliphatic heterocycles. The zero-order valence-electron chi connectivity index (χ0n) is 10.0. The van der Waals surface area contributed by atoms with Crippen LogP contribution in [-0.2, 0) is 13.1 Å². The molecule has 1 aromatic heterocycles. The van der Waals surface area contributed by atoms with E-state index in [2.05, 4.69) is 21.8 Å². The second kappa shape index (κ2) is 4.21. The third-order valence-electron chi connectivity index (χ3n) is 4.42. The van der Waals surface area contributed by atoms with Crippen molar-refractivity contribution in [3.63, 3.8) is 0 Å². The number of aryl methyl sites for hydroxylation is 1. The van der Waals surface area contributed by atoms with Crippen molar-refractivity contribution in [2.45, 2.75) is 51.7 Å². The van der Waals surface area contributed by atoms with E-state index in [0.717, 1.165) is 31.0 Å². The second-order valence-corrected chi connectivity index (χ2v) is 5.33. The summed E-state index contributed by atoms with van der Waals surface area (Å²) in [6.45, 7) is 4.18. The van der Waals surface area contributed by atoms with Gasteiger partial charge in [0, 0.05) is 25.3 Å². The Hall–Kier alpha value is -0.830. The van der Waals surface area contributed by atoms with Crippen LogP contribution in [0.4, 0.5) is 0 Å². The molecule has 0 amide bonds. The lowest BCUT2D eigenvalue weighted by atomic mass is 9.95. The third kappa shape index (κ3) is 1.77. The van der Waals surface area contributed by atoms with E-state index in [9.17, 15) is 0 Å². The van der Waals surface area contributed by atoms with Crippen molar-refractivity contribution >= 4 is 0 Å². The van der Waals surface area contributed by atoms with Crippen LogP contribution >= 0.6 is 0 Å². The van der Waals surface area contributed by atoms with Gasteiger partial charge in [-0.05, 0) is 38.0 Å². The van der Waals surface area contributed by atoms with E-state index in [-0.39, 0.29) is 0 Å². The number of hydrogen-bond donors (Lipinski definition) is 1. The molecule has 2 saturated carbocycles. The van der Waals surface area contributed by atoms with Gasteiger partial charge < -0.3 is 9.88 Å². The molecule has 0 spiro atoms. The zero-order valence-corrected chi connectivity index (χ0v) is 10.0. The van der Waals surface area contributed by atoms with Crippen molar-refractivity contribution in [3.8, 4) is 0 Å². The first kappa shape index (κ1) is 10.3. The molecule has 3 atom stereocenters. The first-order valence-electron chi connectivity index (χ1n) is 6.59. The predicted molar refractivity (Wildman–Crippen MR) is 64.0 cm³/mol. The van der Waals surface area contributed by atoms with Crippen LogP contribution in [0.15, 0.2) is 12.5 Å². The van der Waals surface area contributed by atoms with Crippen LogP contribution in [0.3, 0.4) is 0 Å². The highest BCUT2D eigenvalue weighted by Crippen LogP contribution is 2.44. The van der Waals surface area contributed by atoms with Crippen LogP contribution < -0.4 is 5.32 Å². The van der Waals surface area contributed by atoms with Gasteiger partial charge in [-0.15, -0.1) is 0 Å². The highest BCUT2D eigenvalue weighted by molar-refractivity contribution is 5.00. The zero-order chi connectivity index (χ0) is 11.0. The highest BCUT2D eigenvalue weighted by atomic mass is 15.1. The fourth-order valence-electron chi connectivity index (χ4n) is 3.51. The van der Waals surface area contributed by atoms with Gasteiger partial charge in [-0.2, -0.15) is 0 Å². The summed E-state index contributed by atoms with van der Waals surface area (Å²) < 4.78 is 2.22. The Morgan fingerprint density at radius 1 is 1.44 bits per heavy atom. The molecule has 0 saturated heterocycles. The molecule has 88 valence electrons. The Labute approximate surface area is 97.3 Å². The number of aromatic nitrogens is 2. The van der Waals surface area contributed by atoms with Crippen LogP contribution in [0.1, 0.15) is 38.3 Å². The number of fused-ring (bicyclic) bond motifs is 2. The van der Waals surface area contributed by atoms with Crippen molar-refractivity contribution in [3.05, 3.63) is 18.2 Å². The second-order valence-electron chi connectivity index (χ2n) is 5.33. The van der Waals surface area contributed by atoms with Gasteiger partial charge in [0.2, 0.25) is 0 Å². The molecule has 2 aliphatic rings. The molecule has 0 radical (unpaired) electrons. The van der Waals surface area contributed by atoms with E-state index in [0.29, 0.717) is 0 Å². The summed E-state index contributed by atoms with van der Waals surface area (Å²) in [5.74, 6) is 1.99. The summed E-state index contributed by atoms with van der Waals surface area (Å²) in [7, 11) is 0. The maximum absolute atomic E-state index is 4.21. The maximum Gasteiger partial charge on any atom is 0.0948 e. The van der Waals surface area contributed by atoms with Crippen molar-refractivity contribution in [1.29, 1.82) is 0 Å². The number of imidazole rings is 1. The van der Waals surface area contributed by atoms with E-state index >= 15 is 0 Å². The SMILES string of the molecule is CCn1cncc1CNC1CC2CCC1C2. The quantitative estimate of drug-likeness (QED) is 0.841. The molecule has 3 rings (SSSR count). The fraction of sp³-hybridized carbons (Fsp3) is 0.769. The Balaban J connectivity index is 1.57. The van der Waals surface area contributed by atoms with E-state index in [1.54, 1.807) is 0 Å². The van der Waals surface area contributed by atoms with Gasteiger partial charge in [0.05, 0.1) is 12.0 Å². The van der Waals surface area contributed by atoms with E-state index < -0.39 is 0 Å². The minimum atomic E-state index is 0.777. The van der Waals surface area contributed by atoms with E-state index in [4.69, 9.17) is 0 Å². The molecule has 1 heterocycles. The Morgan fingerprint density at radius 3 is 3.06 bits per heavy atom. The number of nitrogens with zero attached hydrogens (tertiary/aromatic N) is 2. The Morgan fingerprint density at radius 2 is 2.38 bits per heavy atom. The van der Waals surface area contributed by atoms with Crippen molar-refractivity contribution in [1.82, 2.24) is 14.9 Å². The molecular formula is C13H21N3. The molecule has 3 nitrogen and oxygen atoms in total. The van der Waals surface area contributed by atoms with Gasteiger partial charge in [-0.3, -0.25) is 0 Å². The number of rotatable bonds is 4. The predicted octanol–water partition coefficient (Wildman–Crippen LogP) is 2.18. The topological polar surface area (TPSA) is 29.9 Å². The normalized spacial score (nSPS) is 32.4. The molecule has 2 fully saturated rings. The molecule has 2 bridgehead atoms. The number of hydrogen-bond acceptors (Lipinski definition) is 2. The summed E-state index contributed by atoms with van der Waals surface area (Å²) >= 11 is 0. The molecular weight excluding hydrogens is 198 g/mol. The average molecular weight is 219 g/mol. The number of nitrogens with one attached hydrogen (secondary N) is 1.